The van der Waals surface area contributed by atoms with Crippen LogP contribution in [-0.4, -0.2) is 32.5 Å². The van der Waals surface area contributed by atoms with Gasteiger partial charge in [0.05, 0.1) is 19.8 Å². The molecular weight excluding hydrogens is 306 g/mol. The molecule has 1 amide bonds. The lowest BCUT2D eigenvalue weighted by molar-refractivity contribution is 0.0956. The normalized spacial score (nSPS) is 9.92. The van der Waals surface area contributed by atoms with Crippen LogP contribution in [0, 0.1) is 0 Å². The molecule has 5 heteroatoms. The van der Waals surface area contributed by atoms with Crippen molar-refractivity contribution in [2.45, 2.75) is 0 Å². The van der Waals surface area contributed by atoms with Crippen LogP contribution in [0.2, 0.25) is 0 Å². The van der Waals surface area contributed by atoms with Gasteiger partial charge in [-0.15, -0.1) is 6.58 Å². The Hall–Kier alpha value is -3.08. The topological polar surface area (TPSA) is 64.6 Å². The molecule has 2 aromatic rings. The number of rotatable bonds is 7. The van der Waals surface area contributed by atoms with Gasteiger partial charge in [0.25, 0.3) is 5.91 Å². The summed E-state index contributed by atoms with van der Waals surface area (Å²) in [7, 11) is 3.04. The van der Waals surface area contributed by atoms with E-state index in [0.717, 1.165) is 0 Å². The number of benzene rings is 2. The highest BCUT2D eigenvalue weighted by Crippen LogP contribution is 2.26. The summed E-state index contributed by atoms with van der Waals surface area (Å²) >= 11 is 0. The predicted octanol–water partition coefficient (Wildman–Crippen LogP) is 2.85. The Morgan fingerprint density at radius 1 is 1.04 bits per heavy atom. The molecule has 2 rings (SSSR count). The average Bonchev–Trinajstić information content (AvgIpc) is 2.65. The summed E-state index contributed by atoms with van der Waals surface area (Å²) in [6, 6.07) is 11.5. The van der Waals surface area contributed by atoms with Crippen LogP contribution in [0.4, 0.5) is 0 Å². The lowest BCUT2D eigenvalue weighted by atomic mass is 10.0. The van der Waals surface area contributed by atoms with Crippen LogP contribution in [0.3, 0.4) is 0 Å². The molecule has 0 spiro atoms. The van der Waals surface area contributed by atoms with E-state index in [9.17, 15) is 9.59 Å². The SMILES string of the molecule is C=CCNC(=O)c1ccc(C(=O)c2cc(OC)ccc2OC)cc1. The minimum absolute atomic E-state index is 0.205. The van der Waals surface area contributed by atoms with Gasteiger partial charge in [0, 0.05) is 17.7 Å². The molecule has 1 N–H and O–H groups in total. The Bertz CT molecular complexity index is 750. The maximum atomic E-state index is 12.7. The van der Waals surface area contributed by atoms with Crippen LogP contribution in [-0.2, 0) is 0 Å². The van der Waals surface area contributed by atoms with Crippen molar-refractivity contribution in [3.8, 4) is 11.5 Å². The zero-order valence-corrected chi connectivity index (χ0v) is 13.7. The number of ether oxygens (including phenoxy) is 2. The molecule has 0 radical (unpaired) electrons. The first-order valence-electron chi connectivity index (χ1n) is 7.36. The summed E-state index contributed by atoms with van der Waals surface area (Å²) < 4.78 is 10.4. The third-order valence-corrected chi connectivity index (χ3v) is 3.47. The summed E-state index contributed by atoms with van der Waals surface area (Å²) in [5.74, 6) is 0.616. The highest BCUT2D eigenvalue weighted by atomic mass is 16.5. The molecule has 0 saturated carbocycles. The summed E-state index contributed by atoms with van der Waals surface area (Å²) in [4.78, 5) is 24.6. The summed E-state index contributed by atoms with van der Waals surface area (Å²) in [6.07, 6.45) is 1.60. The molecule has 0 unspecified atom stereocenters. The predicted molar refractivity (Wildman–Crippen MR) is 92.0 cm³/mol. The van der Waals surface area contributed by atoms with Crippen LogP contribution >= 0.6 is 0 Å². The Morgan fingerprint density at radius 3 is 2.29 bits per heavy atom. The Morgan fingerprint density at radius 2 is 1.71 bits per heavy atom. The maximum Gasteiger partial charge on any atom is 0.251 e. The van der Waals surface area contributed by atoms with E-state index in [1.165, 1.54) is 14.2 Å². The van der Waals surface area contributed by atoms with E-state index in [0.29, 0.717) is 34.7 Å². The van der Waals surface area contributed by atoms with Gasteiger partial charge in [0.2, 0.25) is 0 Å². The quantitative estimate of drug-likeness (QED) is 0.628. The molecule has 0 heterocycles. The molecule has 0 bridgehead atoms. The lowest BCUT2D eigenvalue weighted by Crippen LogP contribution is -2.23. The fourth-order valence-electron chi connectivity index (χ4n) is 2.19. The summed E-state index contributed by atoms with van der Waals surface area (Å²) in [5, 5.41) is 2.68. The van der Waals surface area contributed by atoms with Gasteiger partial charge in [-0.1, -0.05) is 18.2 Å². The van der Waals surface area contributed by atoms with Gasteiger partial charge in [0.1, 0.15) is 11.5 Å². The number of nitrogens with one attached hydrogen (secondary N) is 1. The number of methoxy groups -OCH3 is 2. The van der Waals surface area contributed by atoms with E-state index >= 15 is 0 Å². The maximum absolute atomic E-state index is 12.7. The van der Waals surface area contributed by atoms with Crippen LogP contribution in [0.1, 0.15) is 26.3 Å². The number of carbonyl (C=O) groups excluding carboxylic acids is 2. The fraction of sp³-hybridized carbons (Fsp3) is 0.158. The van der Waals surface area contributed by atoms with E-state index in [1.807, 2.05) is 0 Å². The highest BCUT2D eigenvalue weighted by Gasteiger charge is 2.16. The monoisotopic (exact) mass is 325 g/mol. The second kappa shape index (κ2) is 7.97. The van der Waals surface area contributed by atoms with Gasteiger partial charge in [-0.3, -0.25) is 9.59 Å². The van der Waals surface area contributed by atoms with Gasteiger partial charge in [-0.2, -0.15) is 0 Å². The first-order chi connectivity index (χ1) is 11.6. The number of ketones is 1. The van der Waals surface area contributed by atoms with Crippen molar-refractivity contribution in [3.63, 3.8) is 0 Å². The summed E-state index contributed by atoms with van der Waals surface area (Å²) in [5.41, 5.74) is 1.34. The van der Waals surface area contributed by atoms with Crippen molar-refractivity contribution < 1.29 is 19.1 Å². The minimum atomic E-state index is -0.215. The Kier molecular flexibility index (Phi) is 5.73. The molecule has 0 aliphatic carbocycles. The van der Waals surface area contributed by atoms with E-state index in [4.69, 9.17) is 9.47 Å². The largest absolute Gasteiger partial charge is 0.497 e. The van der Waals surface area contributed by atoms with Crippen molar-refractivity contribution in [3.05, 3.63) is 71.8 Å². The highest BCUT2D eigenvalue weighted by molar-refractivity contribution is 6.11. The van der Waals surface area contributed by atoms with E-state index in [1.54, 1.807) is 48.5 Å². The molecule has 0 aromatic heterocycles. The lowest BCUT2D eigenvalue weighted by Gasteiger charge is -2.10. The minimum Gasteiger partial charge on any atom is -0.497 e. The van der Waals surface area contributed by atoms with Gasteiger partial charge in [-0.25, -0.2) is 0 Å². The Balaban J connectivity index is 2.27. The van der Waals surface area contributed by atoms with Crippen LogP contribution in [0.25, 0.3) is 0 Å². The first kappa shape index (κ1) is 17.3. The molecular formula is C19H19NO4. The van der Waals surface area contributed by atoms with Crippen molar-refractivity contribution >= 4 is 11.7 Å². The zero-order valence-electron chi connectivity index (χ0n) is 13.7. The molecule has 5 nitrogen and oxygen atoms in total. The zero-order chi connectivity index (χ0) is 17.5. The van der Waals surface area contributed by atoms with Gasteiger partial charge in [-0.05, 0) is 30.3 Å². The van der Waals surface area contributed by atoms with Crippen LogP contribution in [0.5, 0.6) is 11.5 Å². The van der Waals surface area contributed by atoms with E-state index in [-0.39, 0.29) is 11.7 Å². The van der Waals surface area contributed by atoms with Crippen molar-refractivity contribution in [2.24, 2.45) is 0 Å². The van der Waals surface area contributed by atoms with Crippen LogP contribution < -0.4 is 14.8 Å². The number of hydrogen-bond acceptors (Lipinski definition) is 4. The Labute approximate surface area is 140 Å². The average molecular weight is 325 g/mol. The van der Waals surface area contributed by atoms with E-state index < -0.39 is 0 Å². The fourth-order valence-corrected chi connectivity index (χ4v) is 2.19. The van der Waals surface area contributed by atoms with Gasteiger partial charge < -0.3 is 14.8 Å². The first-order valence-corrected chi connectivity index (χ1v) is 7.36. The number of amides is 1. The van der Waals surface area contributed by atoms with Crippen LogP contribution in [0.15, 0.2) is 55.1 Å². The molecule has 0 atom stereocenters. The molecule has 0 aliphatic rings. The van der Waals surface area contributed by atoms with E-state index in [2.05, 4.69) is 11.9 Å². The molecule has 0 fully saturated rings. The van der Waals surface area contributed by atoms with Gasteiger partial charge in [0.15, 0.2) is 5.78 Å². The van der Waals surface area contributed by atoms with Crippen molar-refractivity contribution in [1.82, 2.24) is 5.32 Å². The molecule has 124 valence electrons. The third-order valence-electron chi connectivity index (χ3n) is 3.47. The van der Waals surface area contributed by atoms with Crippen molar-refractivity contribution in [2.75, 3.05) is 20.8 Å². The molecule has 2 aromatic carbocycles. The third kappa shape index (κ3) is 3.81. The van der Waals surface area contributed by atoms with Crippen molar-refractivity contribution in [1.29, 1.82) is 0 Å². The number of carbonyl (C=O) groups is 2. The molecule has 0 saturated heterocycles. The second-order valence-electron chi connectivity index (χ2n) is 4.97. The number of hydrogen-bond donors (Lipinski definition) is 1. The summed E-state index contributed by atoms with van der Waals surface area (Å²) in [6.45, 7) is 3.94. The smallest absolute Gasteiger partial charge is 0.251 e. The van der Waals surface area contributed by atoms with Gasteiger partial charge >= 0.3 is 0 Å². The second-order valence-corrected chi connectivity index (χ2v) is 4.97. The standard InChI is InChI=1S/C19H19NO4/c1-4-11-20-19(22)14-7-5-13(6-8-14)18(21)16-12-15(23-2)9-10-17(16)24-3/h4-10,12H,1,11H2,2-3H3,(H,20,22). The molecule has 24 heavy (non-hydrogen) atoms. The molecule has 0 aliphatic heterocycles.